The lowest BCUT2D eigenvalue weighted by molar-refractivity contribution is 0.0969. The number of nitrogens with one attached hydrogen (secondary N) is 1. The molecule has 0 atom stereocenters. The van der Waals surface area contributed by atoms with E-state index < -0.39 is 7.26 Å². The zero-order valence-electron chi connectivity index (χ0n) is 20.6. The van der Waals surface area contributed by atoms with Crippen molar-refractivity contribution in [1.29, 1.82) is 0 Å². The number of hydrogen-bond donors (Lipinski definition) is 1. The fourth-order valence-electron chi connectivity index (χ4n) is 4.53. The summed E-state index contributed by atoms with van der Waals surface area (Å²) < 4.78 is 0. The third-order valence-corrected chi connectivity index (χ3v) is 10.7. The molecular formula is C33H27Cl2NOP+. The lowest BCUT2D eigenvalue weighted by Gasteiger charge is -2.29. The zero-order chi connectivity index (χ0) is 25.5. The summed E-state index contributed by atoms with van der Waals surface area (Å²) >= 11 is 6.21. The van der Waals surface area contributed by atoms with Crippen LogP contribution >= 0.6 is 31.3 Å². The van der Waals surface area contributed by atoms with Gasteiger partial charge in [-0.3, -0.25) is 10.1 Å². The van der Waals surface area contributed by atoms with E-state index in [4.69, 9.17) is 11.6 Å². The molecule has 1 amide bonds. The van der Waals surface area contributed by atoms with Crippen molar-refractivity contribution in [3.8, 4) is 0 Å². The van der Waals surface area contributed by atoms with Crippen molar-refractivity contribution in [1.82, 2.24) is 5.32 Å². The van der Waals surface area contributed by atoms with Gasteiger partial charge in [-0.25, -0.2) is 0 Å². The number of rotatable bonds is 7. The van der Waals surface area contributed by atoms with Crippen molar-refractivity contribution in [2.75, 3.05) is 0 Å². The van der Waals surface area contributed by atoms with Crippen molar-refractivity contribution in [2.45, 2.75) is 0 Å². The standard InChI is InChI=1S/C33H25ClNOP.ClH/c34-28-23-21-26(22-24-28)25-32(35-33(36)27-13-5-1-6-14-27)37(29-15-7-2-8-16-29,30-17-9-3-10-18-30)31-19-11-4-12-20-31;/h1-25H;1H/p+1/b32-25+;. The lowest BCUT2D eigenvalue weighted by atomic mass is 10.2. The van der Waals surface area contributed by atoms with Gasteiger partial charge in [0.1, 0.15) is 15.9 Å². The van der Waals surface area contributed by atoms with Crippen LogP contribution in [-0.4, -0.2) is 5.91 Å². The van der Waals surface area contributed by atoms with Crippen LogP contribution in [0.1, 0.15) is 15.9 Å². The molecule has 0 unspecified atom stereocenters. The van der Waals surface area contributed by atoms with E-state index in [1.807, 2.05) is 72.8 Å². The Morgan fingerprint density at radius 1 is 0.579 bits per heavy atom. The Hall–Kier alpha value is -3.68. The second kappa shape index (κ2) is 12.7. The molecule has 0 radical (unpaired) electrons. The van der Waals surface area contributed by atoms with Gasteiger partial charge in [0.25, 0.3) is 5.91 Å². The number of carbonyl (C=O) groups excluding carboxylic acids is 1. The highest BCUT2D eigenvalue weighted by Crippen LogP contribution is 2.61. The molecule has 2 nitrogen and oxygen atoms in total. The quantitative estimate of drug-likeness (QED) is 0.207. The predicted molar refractivity (Wildman–Crippen MR) is 166 cm³/mol. The summed E-state index contributed by atoms with van der Waals surface area (Å²) in [6.45, 7) is 0. The monoisotopic (exact) mass is 554 g/mol. The first-order valence-corrected chi connectivity index (χ1v) is 14.2. The maximum absolute atomic E-state index is 13.7. The summed E-state index contributed by atoms with van der Waals surface area (Å²) in [5.41, 5.74) is 2.42. The van der Waals surface area contributed by atoms with Gasteiger partial charge >= 0.3 is 0 Å². The first-order chi connectivity index (χ1) is 18.2. The molecule has 0 fully saturated rings. The van der Waals surface area contributed by atoms with Gasteiger partial charge in [0.05, 0.1) is 0 Å². The summed E-state index contributed by atoms with van der Waals surface area (Å²) in [6, 6.07) is 48.5. The summed E-state index contributed by atoms with van der Waals surface area (Å²) in [7, 11) is -2.52. The van der Waals surface area contributed by atoms with Gasteiger partial charge in [-0.05, 0) is 66.2 Å². The molecule has 5 aromatic rings. The summed E-state index contributed by atoms with van der Waals surface area (Å²) in [5.74, 6) is -0.145. The van der Waals surface area contributed by atoms with E-state index in [0.29, 0.717) is 10.6 Å². The van der Waals surface area contributed by atoms with Crippen molar-refractivity contribution < 1.29 is 4.79 Å². The second-order valence-electron chi connectivity index (χ2n) is 8.58. The SMILES string of the molecule is Cl.O=C(N/C(=C\c1ccc(Cl)cc1)[P+](c1ccccc1)(c1ccccc1)c1ccccc1)c1ccccc1. The van der Waals surface area contributed by atoms with Crippen LogP contribution in [0.15, 0.2) is 151 Å². The van der Waals surface area contributed by atoms with Gasteiger partial charge in [-0.1, -0.05) is 96.5 Å². The highest BCUT2D eigenvalue weighted by molar-refractivity contribution is 7.99. The molecule has 5 heteroatoms. The third kappa shape index (κ3) is 5.74. The normalized spacial score (nSPS) is 11.3. The first-order valence-electron chi connectivity index (χ1n) is 12.1. The molecule has 0 aromatic heterocycles. The Labute approximate surface area is 235 Å². The van der Waals surface area contributed by atoms with Crippen LogP contribution in [0.25, 0.3) is 6.08 Å². The second-order valence-corrected chi connectivity index (χ2v) is 12.4. The molecule has 0 saturated heterocycles. The molecule has 0 spiro atoms. The molecule has 0 aliphatic heterocycles. The molecule has 5 aromatic carbocycles. The molecule has 188 valence electrons. The maximum Gasteiger partial charge on any atom is 0.258 e. The molecule has 5 rings (SSSR count). The maximum atomic E-state index is 13.7. The largest absolute Gasteiger partial charge is 0.292 e. The zero-order valence-corrected chi connectivity index (χ0v) is 23.0. The van der Waals surface area contributed by atoms with Crippen LogP contribution in [-0.2, 0) is 0 Å². The number of carbonyl (C=O) groups is 1. The van der Waals surface area contributed by atoms with E-state index in [0.717, 1.165) is 26.9 Å². The fourth-order valence-corrected chi connectivity index (χ4v) is 8.86. The first kappa shape index (κ1) is 27.4. The van der Waals surface area contributed by atoms with Gasteiger partial charge < -0.3 is 0 Å². The van der Waals surface area contributed by atoms with E-state index in [2.05, 4.69) is 84.2 Å². The fraction of sp³-hybridized carbons (Fsp3) is 0. The van der Waals surface area contributed by atoms with E-state index in [1.54, 1.807) is 0 Å². The molecule has 0 aliphatic carbocycles. The number of benzene rings is 5. The average molecular weight is 555 g/mol. The smallest absolute Gasteiger partial charge is 0.258 e. The number of halogens is 2. The van der Waals surface area contributed by atoms with Gasteiger partial charge in [0.2, 0.25) is 0 Å². The number of hydrogen-bond acceptors (Lipinski definition) is 1. The molecule has 1 N–H and O–H groups in total. The van der Waals surface area contributed by atoms with Crippen LogP contribution in [0.5, 0.6) is 0 Å². The molecule has 38 heavy (non-hydrogen) atoms. The Morgan fingerprint density at radius 3 is 1.39 bits per heavy atom. The van der Waals surface area contributed by atoms with E-state index in [1.165, 1.54) is 0 Å². The van der Waals surface area contributed by atoms with Crippen LogP contribution in [0.2, 0.25) is 5.02 Å². The van der Waals surface area contributed by atoms with Gasteiger partial charge in [-0.15, -0.1) is 12.4 Å². The molecular weight excluding hydrogens is 528 g/mol. The van der Waals surface area contributed by atoms with Crippen LogP contribution in [0.4, 0.5) is 0 Å². The summed E-state index contributed by atoms with van der Waals surface area (Å²) in [4.78, 5) is 13.7. The highest BCUT2D eigenvalue weighted by Gasteiger charge is 2.50. The highest BCUT2D eigenvalue weighted by atomic mass is 35.5. The number of amides is 1. The average Bonchev–Trinajstić information content (AvgIpc) is 2.97. The molecule has 0 saturated carbocycles. The van der Waals surface area contributed by atoms with Gasteiger partial charge in [-0.2, -0.15) is 0 Å². The Morgan fingerprint density at radius 2 is 0.974 bits per heavy atom. The van der Waals surface area contributed by atoms with E-state index in [9.17, 15) is 4.79 Å². The van der Waals surface area contributed by atoms with Gasteiger partial charge in [0, 0.05) is 16.7 Å². The molecule has 0 heterocycles. The molecule has 0 bridgehead atoms. The minimum absolute atomic E-state index is 0. The molecule has 0 aliphatic rings. The van der Waals surface area contributed by atoms with Gasteiger partial charge in [0.15, 0.2) is 12.7 Å². The van der Waals surface area contributed by atoms with Crippen molar-refractivity contribution in [3.05, 3.63) is 167 Å². The van der Waals surface area contributed by atoms with E-state index in [-0.39, 0.29) is 18.3 Å². The van der Waals surface area contributed by atoms with Crippen molar-refractivity contribution in [2.24, 2.45) is 0 Å². The van der Waals surface area contributed by atoms with Crippen LogP contribution in [0, 0.1) is 0 Å². The minimum atomic E-state index is -2.52. The van der Waals surface area contributed by atoms with Crippen LogP contribution < -0.4 is 21.2 Å². The summed E-state index contributed by atoms with van der Waals surface area (Å²) in [5, 5.41) is 7.50. The third-order valence-electron chi connectivity index (χ3n) is 6.24. The Balaban J connectivity index is 0.00000336. The lowest BCUT2D eigenvalue weighted by Crippen LogP contribution is -2.38. The summed E-state index contributed by atoms with van der Waals surface area (Å²) in [6.07, 6.45) is 2.10. The van der Waals surface area contributed by atoms with Crippen molar-refractivity contribution in [3.63, 3.8) is 0 Å². The Bertz CT molecular complexity index is 1390. The van der Waals surface area contributed by atoms with E-state index >= 15 is 0 Å². The predicted octanol–water partition coefficient (Wildman–Crippen LogP) is 7.48. The minimum Gasteiger partial charge on any atom is -0.292 e. The van der Waals surface area contributed by atoms with Crippen molar-refractivity contribution >= 4 is 59.2 Å². The Kier molecular flexibility index (Phi) is 9.15. The van der Waals surface area contributed by atoms with Crippen LogP contribution in [0.3, 0.4) is 0 Å². The topological polar surface area (TPSA) is 29.1 Å².